The largest absolute Gasteiger partial charge is 0.377 e. The second kappa shape index (κ2) is 6.33. The first-order chi connectivity index (χ1) is 14.3. The molecule has 0 unspecified atom stereocenters. The molecule has 29 heavy (non-hydrogen) atoms. The number of hydrogen-bond acceptors (Lipinski definition) is 8. The van der Waals surface area contributed by atoms with Crippen LogP contribution in [0, 0.1) is 0 Å². The summed E-state index contributed by atoms with van der Waals surface area (Å²) in [6.07, 6.45) is 5.20. The Morgan fingerprint density at radius 2 is 1.72 bits per heavy atom. The van der Waals surface area contributed by atoms with Crippen LogP contribution >= 0.6 is 0 Å². The molecule has 2 aliphatic rings. The second-order valence-electron chi connectivity index (χ2n) is 7.42. The van der Waals surface area contributed by atoms with E-state index in [-0.39, 0.29) is 5.54 Å². The molecular formula is C19H19N9O. The van der Waals surface area contributed by atoms with Gasteiger partial charge in [-0.25, -0.2) is 0 Å². The summed E-state index contributed by atoms with van der Waals surface area (Å²) in [5.41, 5.74) is 1.02. The van der Waals surface area contributed by atoms with Gasteiger partial charge in [-0.3, -0.25) is 4.57 Å². The van der Waals surface area contributed by atoms with Crippen molar-refractivity contribution in [2.45, 2.75) is 5.54 Å². The number of para-hydroxylation sites is 1. The molecule has 2 fully saturated rings. The van der Waals surface area contributed by atoms with Gasteiger partial charge in [0.2, 0.25) is 11.9 Å². The van der Waals surface area contributed by atoms with Gasteiger partial charge in [0.25, 0.3) is 5.95 Å². The van der Waals surface area contributed by atoms with Crippen molar-refractivity contribution >= 4 is 16.9 Å². The van der Waals surface area contributed by atoms with Crippen molar-refractivity contribution < 1.29 is 4.74 Å². The van der Waals surface area contributed by atoms with Crippen LogP contribution in [0.1, 0.15) is 0 Å². The topological polar surface area (TPSA) is 98.8 Å². The van der Waals surface area contributed by atoms with Crippen LogP contribution in [-0.2, 0) is 4.74 Å². The molecule has 4 aromatic rings. The summed E-state index contributed by atoms with van der Waals surface area (Å²) in [7, 11) is 0. The third-order valence-electron chi connectivity index (χ3n) is 5.43. The molecule has 0 atom stereocenters. The first kappa shape index (κ1) is 16.6. The highest BCUT2D eigenvalue weighted by Crippen LogP contribution is 2.25. The fourth-order valence-corrected chi connectivity index (χ4v) is 3.93. The maximum absolute atomic E-state index is 5.44. The minimum atomic E-state index is -0.0185. The predicted molar refractivity (Wildman–Crippen MR) is 105 cm³/mol. The van der Waals surface area contributed by atoms with Gasteiger partial charge in [0.15, 0.2) is 0 Å². The Balaban J connectivity index is 1.48. The first-order valence-corrected chi connectivity index (χ1v) is 9.57. The third kappa shape index (κ3) is 2.76. The molecule has 2 saturated heterocycles. The van der Waals surface area contributed by atoms with Gasteiger partial charge in [0.1, 0.15) is 0 Å². The number of piperazine rings is 1. The van der Waals surface area contributed by atoms with E-state index in [9.17, 15) is 0 Å². The summed E-state index contributed by atoms with van der Waals surface area (Å²) in [5, 5.41) is 13.1. The monoisotopic (exact) mass is 389 g/mol. The van der Waals surface area contributed by atoms with E-state index in [1.807, 2.05) is 22.9 Å². The Labute approximate surface area is 166 Å². The second-order valence-corrected chi connectivity index (χ2v) is 7.42. The third-order valence-corrected chi connectivity index (χ3v) is 5.43. The minimum absolute atomic E-state index is 0.0185. The zero-order valence-electron chi connectivity index (χ0n) is 15.6. The molecule has 3 aromatic heterocycles. The van der Waals surface area contributed by atoms with Crippen LogP contribution < -0.4 is 10.2 Å². The molecule has 6 rings (SSSR count). The van der Waals surface area contributed by atoms with E-state index in [0.29, 0.717) is 31.1 Å². The van der Waals surface area contributed by atoms with Gasteiger partial charge >= 0.3 is 0 Å². The highest BCUT2D eigenvalue weighted by Gasteiger charge is 2.42. The van der Waals surface area contributed by atoms with Crippen LogP contribution in [0.3, 0.4) is 0 Å². The van der Waals surface area contributed by atoms with Gasteiger partial charge in [0, 0.05) is 31.2 Å². The normalized spacial score (nSPS) is 18.3. The van der Waals surface area contributed by atoms with Crippen LogP contribution in [0.15, 0.2) is 48.9 Å². The highest BCUT2D eigenvalue weighted by molar-refractivity contribution is 5.81. The molecule has 0 amide bonds. The van der Waals surface area contributed by atoms with Gasteiger partial charge in [0.05, 0.1) is 36.7 Å². The molecule has 0 saturated carbocycles. The SMILES string of the molecule is c1ccc2c(c1)ccn2-c1nc(N2CCNC3(COC3)C2)nc(-n2nccn2)n1. The molecule has 10 nitrogen and oxygen atoms in total. The number of rotatable bonds is 3. The van der Waals surface area contributed by atoms with Gasteiger partial charge < -0.3 is 15.0 Å². The van der Waals surface area contributed by atoms with Crippen molar-refractivity contribution in [3.8, 4) is 11.9 Å². The maximum atomic E-state index is 5.44. The van der Waals surface area contributed by atoms with E-state index >= 15 is 0 Å². The molecule has 2 aliphatic heterocycles. The zero-order valence-corrected chi connectivity index (χ0v) is 15.6. The zero-order chi connectivity index (χ0) is 19.3. The van der Waals surface area contributed by atoms with Crippen LogP contribution in [0.25, 0.3) is 22.8 Å². The maximum Gasteiger partial charge on any atom is 0.275 e. The Morgan fingerprint density at radius 1 is 0.931 bits per heavy atom. The Bertz CT molecular complexity index is 1170. The lowest BCUT2D eigenvalue weighted by Gasteiger charge is -2.48. The number of benzene rings is 1. The predicted octanol–water partition coefficient (Wildman–Crippen LogP) is 0.575. The molecule has 5 heterocycles. The lowest BCUT2D eigenvalue weighted by Crippen LogP contribution is -2.70. The summed E-state index contributed by atoms with van der Waals surface area (Å²) in [4.78, 5) is 17.7. The number of nitrogens with one attached hydrogen (secondary N) is 1. The van der Waals surface area contributed by atoms with E-state index in [0.717, 1.165) is 30.5 Å². The van der Waals surface area contributed by atoms with Crippen molar-refractivity contribution in [3.63, 3.8) is 0 Å². The van der Waals surface area contributed by atoms with Gasteiger partial charge in [-0.2, -0.15) is 25.1 Å². The van der Waals surface area contributed by atoms with Gasteiger partial charge in [-0.15, -0.1) is 4.80 Å². The van der Waals surface area contributed by atoms with E-state index < -0.39 is 0 Å². The Hall–Kier alpha value is -3.37. The van der Waals surface area contributed by atoms with E-state index in [1.165, 1.54) is 4.80 Å². The van der Waals surface area contributed by atoms with Gasteiger partial charge in [-0.1, -0.05) is 18.2 Å². The summed E-state index contributed by atoms with van der Waals surface area (Å²) in [5.74, 6) is 1.55. The van der Waals surface area contributed by atoms with E-state index in [2.05, 4.69) is 48.6 Å². The van der Waals surface area contributed by atoms with Gasteiger partial charge in [-0.05, 0) is 12.1 Å². The number of anilines is 1. The average Bonchev–Trinajstić information content (AvgIpc) is 3.42. The lowest BCUT2D eigenvalue weighted by molar-refractivity contribution is -0.0744. The van der Waals surface area contributed by atoms with Crippen molar-refractivity contribution in [1.29, 1.82) is 0 Å². The minimum Gasteiger partial charge on any atom is -0.377 e. The summed E-state index contributed by atoms with van der Waals surface area (Å²) >= 11 is 0. The molecule has 146 valence electrons. The van der Waals surface area contributed by atoms with E-state index in [4.69, 9.17) is 9.72 Å². The number of fused-ring (bicyclic) bond motifs is 1. The fourth-order valence-electron chi connectivity index (χ4n) is 3.93. The molecule has 0 bridgehead atoms. The summed E-state index contributed by atoms with van der Waals surface area (Å²) < 4.78 is 7.41. The lowest BCUT2D eigenvalue weighted by atomic mass is 9.95. The van der Waals surface area contributed by atoms with Crippen LogP contribution in [0.2, 0.25) is 0 Å². The number of aromatic nitrogens is 7. The quantitative estimate of drug-likeness (QED) is 0.543. The molecule has 1 aromatic carbocycles. The standard InChI is InChI=1S/C19H19N9O/c1-2-4-15-14(3-1)5-9-27(15)17-23-16(24-18(25-17)28-21-6-7-22-28)26-10-8-20-19(11-26)12-29-13-19/h1-7,9,20H,8,10-13H2. The van der Waals surface area contributed by atoms with Crippen molar-refractivity contribution in [2.75, 3.05) is 37.7 Å². The summed E-state index contributed by atoms with van der Waals surface area (Å²) in [6, 6.07) is 10.2. The Kier molecular flexibility index (Phi) is 3.61. The number of ether oxygens (including phenoxy) is 1. The van der Waals surface area contributed by atoms with Crippen LogP contribution in [0.4, 0.5) is 5.95 Å². The fraction of sp³-hybridized carbons (Fsp3) is 0.316. The van der Waals surface area contributed by atoms with E-state index in [1.54, 1.807) is 12.4 Å². The van der Waals surface area contributed by atoms with Crippen molar-refractivity contribution in [2.24, 2.45) is 0 Å². The number of hydrogen-bond donors (Lipinski definition) is 1. The highest BCUT2D eigenvalue weighted by atomic mass is 16.5. The summed E-state index contributed by atoms with van der Waals surface area (Å²) in [6.45, 7) is 3.86. The van der Waals surface area contributed by atoms with Crippen LogP contribution in [-0.4, -0.2) is 72.9 Å². The molecule has 0 radical (unpaired) electrons. The van der Waals surface area contributed by atoms with Crippen molar-refractivity contribution in [1.82, 2.24) is 39.8 Å². The van der Waals surface area contributed by atoms with Crippen molar-refractivity contribution in [3.05, 3.63) is 48.9 Å². The smallest absolute Gasteiger partial charge is 0.275 e. The van der Waals surface area contributed by atoms with Crippen LogP contribution in [0.5, 0.6) is 0 Å². The molecule has 1 spiro atoms. The average molecular weight is 389 g/mol. The molecule has 0 aliphatic carbocycles. The number of nitrogens with zero attached hydrogens (tertiary/aromatic N) is 8. The Morgan fingerprint density at radius 3 is 2.55 bits per heavy atom. The molecular weight excluding hydrogens is 370 g/mol. The molecule has 1 N–H and O–H groups in total. The molecule has 10 heteroatoms. The first-order valence-electron chi connectivity index (χ1n) is 9.57.